The molecule has 3 nitrogen and oxygen atoms in total. The molecule has 0 N–H and O–H groups in total. The molecule has 0 aromatic rings. The number of hydrogen-bond donors (Lipinski definition) is 0. The minimum Gasteiger partial charge on any atom is -0.353 e. The van der Waals surface area contributed by atoms with Crippen LogP contribution in [0.5, 0.6) is 0 Å². The molecule has 5 unspecified atom stereocenters. The molecule has 3 heteroatoms. The molecular weight excluding hydrogens is 312 g/mol. The number of fused-ring (bicyclic) bond motifs is 5. The maximum Gasteiger partial charge on any atom is 0.167 e. The summed E-state index contributed by atoms with van der Waals surface area (Å²) >= 11 is 0. The van der Waals surface area contributed by atoms with Crippen molar-refractivity contribution < 1.29 is 14.3 Å². The molecule has 0 spiro atoms. The van der Waals surface area contributed by atoms with E-state index < -0.39 is 0 Å². The van der Waals surface area contributed by atoms with Gasteiger partial charge in [-0.1, -0.05) is 20.8 Å². The molecule has 0 bridgehead atoms. The fourth-order valence-corrected chi connectivity index (χ4v) is 7.05. The second-order valence-electron chi connectivity index (χ2n) is 8.92. The minimum absolute atomic E-state index is 0.0193. The standard InChI is InChI=1S/C20H32O3.C2H6/c1-19-10-8-15-14-9-11-20(22-2,23-3)12-13(14)4-5-16(15)17(19)6-7-18(19)21;1-2/h13-17H,4-12H2,1-3H3;1-2H3/t13?,14?,15?,16?,17?,19-;/m0./s1. The Bertz CT molecular complexity index is 484. The molecule has 4 saturated carbocycles. The third-order valence-electron chi connectivity index (χ3n) is 8.40. The third kappa shape index (κ3) is 3.00. The largest absolute Gasteiger partial charge is 0.353 e. The highest BCUT2D eigenvalue weighted by Crippen LogP contribution is 2.62. The monoisotopic (exact) mass is 350 g/mol. The van der Waals surface area contributed by atoms with Crippen molar-refractivity contribution in [2.75, 3.05) is 14.2 Å². The van der Waals surface area contributed by atoms with Gasteiger partial charge in [-0.25, -0.2) is 0 Å². The predicted octanol–water partition coefficient (Wildman–Crippen LogP) is 5.22. The highest BCUT2D eigenvalue weighted by molar-refractivity contribution is 5.87. The molecular formula is C22H38O3. The summed E-state index contributed by atoms with van der Waals surface area (Å²) in [5.41, 5.74) is 0.0193. The number of ketones is 1. The SMILES string of the molecule is CC.COC1(OC)CCC2C(CCC3C2CC[C@]2(C)C(=O)CCC32)C1. The van der Waals surface area contributed by atoms with Crippen LogP contribution >= 0.6 is 0 Å². The zero-order valence-electron chi connectivity index (χ0n) is 17.0. The average Bonchev–Trinajstić information content (AvgIpc) is 2.97. The van der Waals surface area contributed by atoms with Crippen LogP contribution in [0.4, 0.5) is 0 Å². The summed E-state index contributed by atoms with van der Waals surface area (Å²) < 4.78 is 11.5. The van der Waals surface area contributed by atoms with E-state index in [0.29, 0.717) is 11.7 Å². The van der Waals surface area contributed by atoms with E-state index in [-0.39, 0.29) is 11.2 Å². The van der Waals surface area contributed by atoms with Crippen LogP contribution in [0.3, 0.4) is 0 Å². The molecule has 6 atom stereocenters. The van der Waals surface area contributed by atoms with Crippen molar-refractivity contribution in [1.29, 1.82) is 0 Å². The Hall–Kier alpha value is -0.410. The lowest BCUT2D eigenvalue weighted by Crippen LogP contribution is -2.51. The van der Waals surface area contributed by atoms with E-state index in [1.165, 1.54) is 25.7 Å². The minimum atomic E-state index is -0.333. The van der Waals surface area contributed by atoms with E-state index in [1.54, 1.807) is 14.2 Å². The van der Waals surface area contributed by atoms with Crippen LogP contribution in [0.1, 0.15) is 78.6 Å². The normalized spacial score (nSPS) is 44.8. The molecule has 25 heavy (non-hydrogen) atoms. The zero-order chi connectivity index (χ0) is 18.2. The number of hydrogen-bond acceptors (Lipinski definition) is 3. The quantitative estimate of drug-likeness (QED) is 0.640. The lowest BCUT2D eigenvalue weighted by atomic mass is 9.50. The van der Waals surface area contributed by atoms with Gasteiger partial charge in [0.2, 0.25) is 0 Å². The molecule has 0 saturated heterocycles. The van der Waals surface area contributed by atoms with Crippen molar-refractivity contribution in [3.05, 3.63) is 0 Å². The van der Waals surface area contributed by atoms with E-state index in [0.717, 1.165) is 55.8 Å². The van der Waals surface area contributed by atoms with Crippen molar-refractivity contribution in [3.8, 4) is 0 Å². The lowest BCUT2D eigenvalue weighted by Gasteiger charge is -2.56. The van der Waals surface area contributed by atoms with Crippen LogP contribution in [0.15, 0.2) is 0 Å². The van der Waals surface area contributed by atoms with Gasteiger partial charge in [0.15, 0.2) is 5.79 Å². The highest BCUT2D eigenvalue weighted by atomic mass is 16.7. The van der Waals surface area contributed by atoms with Crippen molar-refractivity contribution in [2.24, 2.45) is 35.0 Å². The zero-order valence-corrected chi connectivity index (χ0v) is 17.0. The summed E-state index contributed by atoms with van der Waals surface area (Å²) in [5.74, 6) is 4.15. The highest BCUT2D eigenvalue weighted by Gasteiger charge is 2.57. The van der Waals surface area contributed by atoms with Crippen molar-refractivity contribution in [3.63, 3.8) is 0 Å². The number of carbonyl (C=O) groups excluding carboxylic acids is 1. The first-order chi connectivity index (χ1) is 12.0. The van der Waals surface area contributed by atoms with Gasteiger partial charge in [0.05, 0.1) is 0 Å². The molecule has 4 aliphatic carbocycles. The fraction of sp³-hybridized carbons (Fsp3) is 0.955. The molecule has 0 heterocycles. The molecule has 144 valence electrons. The Kier molecular flexibility index (Phi) is 5.66. The van der Waals surface area contributed by atoms with Crippen molar-refractivity contribution in [1.82, 2.24) is 0 Å². The smallest absolute Gasteiger partial charge is 0.167 e. The molecule has 4 aliphatic rings. The number of rotatable bonds is 2. The first-order valence-electron chi connectivity index (χ1n) is 10.7. The number of ether oxygens (including phenoxy) is 2. The van der Waals surface area contributed by atoms with Crippen LogP contribution in [0.25, 0.3) is 0 Å². The van der Waals surface area contributed by atoms with Gasteiger partial charge in [-0.15, -0.1) is 0 Å². The van der Waals surface area contributed by atoms with E-state index >= 15 is 0 Å². The second-order valence-corrected chi connectivity index (χ2v) is 8.92. The lowest BCUT2D eigenvalue weighted by molar-refractivity contribution is -0.246. The Morgan fingerprint density at radius 1 is 0.880 bits per heavy atom. The molecule has 0 aromatic heterocycles. The maximum absolute atomic E-state index is 12.4. The molecule has 4 rings (SSSR count). The predicted molar refractivity (Wildman–Crippen MR) is 100 cm³/mol. The maximum atomic E-state index is 12.4. The summed E-state index contributed by atoms with van der Waals surface area (Å²) in [5, 5.41) is 0. The van der Waals surface area contributed by atoms with E-state index in [2.05, 4.69) is 6.92 Å². The van der Waals surface area contributed by atoms with Crippen molar-refractivity contribution in [2.45, 2.75) is 84.3 Å². The second kappa shape index (κ2) is 7.31. The van der Waals surface area contributed by atoms with Gasteiger partial charge in [-0.2, -0.15) is 0 Å². The van der Waals surface area contributed by atoms with Gasteiger partial charge < -0.3 is 9.47 Å². The summed E-state index contributed by atoms with van der Waals surface area (Å²) in [6.07, 6.45) is 10.4. The molecule has 4 fully saturated rings. The van der Waals surface area contributed by atoms with Gasteiger partial charge in [0.1, 0.15) is 5.78 Å². The first kappa shape index (κ1) is 19.4. The topological polar surface area (TPSA) is 35.5 Å². The van der Waals surface area contributed by atoms with Gasteiger partial charge in [0.25, 0.3) is 0 Å². The van der Waals surface area contributed by atoms with Crippen LogP contribution < -0.4 is 0 Å². The summed E-state index contributed by atoms with van der Waals surface area (Å²) in [7, 11) is 3.59. The van der Waals surface area contributed by atoms with Crippen LogP contribution in [0.2, 0.25) is 0 Å². The first-order valence-corrected chi connectivity index (χ1v) is 10.7. The van der Waals surface area contributed by atoms with Gasteiger partial charge in [-0.05, 0) is 68.1 Å². The van der Waals surface area contributed by atoms with Crippen molar-refractivity contribution >= 4 is 5.78 Å². The Morgan fingerprint density at radius 3 is 2.24 bits per heavy atom. The van der Waals surface area contributed by atoms with E-state index in [9.17, 15) is 4.79 Å². The van der Waals surface area contributed by atoms with E-state index in [4.69, 9.17) is 9.47 Å². The molecule has 0 radical (unpaired) electrons. The average molecular weight is 351 g/mol. The molecule has 0 aliphatic heterocycles. The Morgan fingerprint density at radius 2 is 1.56 bits per heavy atom. The van der Waals surface area contributed by atoms with Gasteiger partial charge in [-0.3, -0.25) is 4.79 Å². The number of carbonyl (C=O) groups is 1. The summed E-state index contributed by atoms with van der Waals surface area (Å²) in [4.78, 5) is 12.4. The summed E-state index contributed by atoms with van der Waals surface area (Å²) in [6.45, 7) is 6.27. The van der Waals surface area contributed by atoms with Crippen LogP contribution in [0, 0.1) is 35.0 Å². The van der Waals surface area contributed by atoms with Crippen LogP contribution in [-0.2, 0) is 14.3 Å². The van der Waals surface area contributed by atoms with E-state index in [1.807, 2.05) is 13.8 Å². The fourth-order valence-electron chi connectivity index (χ4n) is 7.05. The molecule has 0 amide bonds. The molecule has 0 aromatic carbocycles. The number of Topliss-reactive ketones (excluding diaryl/α,β-unsaturated/α-hetero) is 1. The Balaban J connectivity index is 0.000000880. The third-order valence-corrected chi connectivity index (χ3v) is 8.40. The number of methoxy groups -OCH3 is 2. The van der Waals surface area contributed by atoms with Crippen LogP contribution in [-0.4, -0.2) is 25.8 Å². The van der Waals surface area contributed by atoms with Gasteiger partial charge >= 0.3 is 0 Å². The summed E-state index contributed by atoms with van der Waals surface area (Å²) in [6, 6.07) is 0. The Labute approximate surface area is 154 Å². The van der Waals surface area contributed by atoms with Gasteiger partial charge in [0, 0.05) is 38.9 Å².